The molecule has 2 N–H and O–H groups in total. The fourth-order valence-corrected chi connectivity index (χ4v) is 6.55. The number of halogens is 1. The Bertz CT molecular complexity index is 1410. The number of hydrogen-bond donors (Lipinski definition) is 2. The van der Waals surface area contributed by atoms with Crippen molar-refractivity contribution in [1.82, 2.24) is 9.80 Å². The summed E-state index contributed by atoms with van der Waals surface area (Å²) in [5.41, 5.74) is 6.60. The van der Waals surface area contributed by atoms with E-state index in [9.17, 15) is 15.0 Å². The van der Waals surface area contributed by atoms with Crippen molar-refractivity contribution < 1.29 is 24.5 Å². The molecule has 2 heterocycles. The first-order valence-electron chi connectivity index (χ1n) is 15.4. The van der Waals surface area contributed by atoms with Crippen LogP contribution in [0, 0.1) is 13.8 Å². The molecule has 43 heavy (non-hydrogen) atoms. The molecule has 2 fully saturated rings. The Kier molecular flexibility index (Phi) is 10.6. The van der Waals surface area contributed by atoms with E-state index in [2.05, 4.69) is 43.0 Å². The molecule has 3 aromatic rings. The summed E-state index contributed by atoms with van der Waals surface area (Å²) in [5, 5.41) is 19.8. The third-order valence-corrected chi connectivity index (χ3v) is 9.10. The Hall–Kier alpha value is -3.10. The maximum Gasteiger partial charge on any atom is 0.320 e. The summed E-state index contributed by atoms with van der Waals surface area (Å²) in [4.78, 5) is 16.0. The van der Waals surface area contributed by atoms with Gasteiger partial charge in [0.15, 0.2) is 0 Å². The van der Waals surface area contributed by atoms with Gasteiger partial charge in [-0.1, -0.05) is 54.4 Å². The van der Waals surface area contributed by atoms with Crippen molar-refractivity contribution >= 4 is 17.6 Å². The number of carboxylic acid groups (broad SMARTS) is 1. The van der Waals surface area contributed by atoms with Crippen LogP contribution in [0.4, 0.5) is 0 Å². The van der Waals surface area contributed by atoms with Crippen molar-refractivity contribution in [3.63, 3.8) is 0 Å². The van der Waals surface area contributed by atoms with Crippen LogP contribution in [0.25, 0.3) is 11.1 Å². The maximum absolute atomic E-state index is 11.7. The summed E-state index contributed by atoms with van der Waals surface area (Å²) in [7, 11) is 0. The lowest BCUT2D eigenvalue weighted by Gasteiger charge is -2.32. The summed E-state index contributed by atoms with van der Waals surface area (Å²) < 4.78 is 12.4. The standard InChI is InChI=1S/C35H43ClN2O5/c1-24-27(23-43-34-14-13-26(20-31(34)36)21-38-17-4-3-11-32(38)35(40)41)8-5-9-29(24)30-10-6-12-33(25(30)2)42-19-7-16-37-18-15-28(39)22-37/h5-6,8-10,12-14,20,28,32,39H,3-4,7,11,15-19,21-23H2,1-2H3,(H,40,41)/t28-,32+/m1/s1. The molecule has 0 aliphatic carbocycles. The Balaban J connectivity index is 1.21. The van der Waals surface area contributed by atoms with Gasteiger partial charge in [0.05, 0.1) is 17.7 Å². The predicted molar refractivity (Wildman–Crippen MR) is 170 cm³/mol. The number of nitrogens with zero attached hydrogens (tertiary/aromatic N) is 2. The number of aliphatic hydroxyl groups is 1. The number of ether oxygens (including phenoxy) is 2. The normalized spacial score (nSPS) is 19.4. The second-order valence-corrected chi connectivity index (χ2v) is 12.2. The highest BCUT2D eigenvalue weighted by Crippen LogP contribution is 2.34. The fraction of sp³-hybridized carbons (Fsp3) is 0.457. The van der Waals surface area contributed by atoms with Crippen molar-refractivity contribution in [2.75, 3.05) is 32.8 Å². The van der Waals surface area contributed by atoms with E-state index in [4.69, 9.17) is 21.1 Å². The van der Waals surface area contributed by atoms with Gasteiger partial charge in [0.25, 0.3) is 0 Å². The minimum Gasteiger partial charge on any atom is -0.493 e. The Morgan fingerprint density at radius 1 is 0.953 bits per heavy atom. The average molecular weight is 607 g/mol. The van der Waals surface area contributed by atoms with Crippen LogP contribution < -0.4 is 9.47 Å². The van der Waals surface area contributed by atoms with Gasteiger partial charge in [-0.3, -0.25) is 9.69 Å². The third kappa shape index (κ3) is 7.90. The molecule has 0 spiro atoms. The van der Waals surface area contributed by atoms with Crippen LogP contribution in [0.3, 0.4) is 0 Å². The number of benzene rings is 3. The molecule has 3 aromatic carbocycles. The van der Waals surface area contributed by atoms with Gasteiger partial charge in [-0.25, -0.2) is 0 Å². The molecular formula is C35H43ClN2O5. The highest BCUT2D eigenvalue weighted by Gasteiger charge is 2.28. The number of rotatable bonds is 12. The second-order valence-electron chi connectivity index (χ2n) is 11.8. The molecule has 0 saturated carbocycles. The molecule has 0 radical (unpaired) electrons. The van der Waals surface area contributed by atoms with E-state index in [1.807, 2.05) is 35.2 Å². The van der Waals surface area contributed by atoms with E-state index in [1.54, 1.807) is 0 Å². The smallest absolute Gasteiger partial charge is 0.320 e. The predicted octanol–water partition coefficient (Wildman–Crippen LogP) is 6.48. The van der Waals surface area contributed by atoms with Gasteiger partial charge in [-0.2, -0.15) is 0 Å². The van der Waals surface area contributed by atoms with Crippen molar-refractivity contribution in [3.8, 4) is 22.6 Å². The van der Waals surface area contributed by atoms with Crippen LogP contribution in [-0.2, 0) is 17.9 Å². The summed E-state index contributed by atoms with van der Waals surface area (Å²) in [5.74, 6) is 0.748. The SMILES string of the molecule is Cc1c(COc2ccc(CN3CCCC[C@H]3C(=O)O)cc2Cl)cccc1-c1cccc(OCCCN2CC[C@@H](O)C2)c1C. The van der Waals surface area contributed by atoms with Gasteiger partial charge < -0.3 is 24.6 Å². The summed E-state index contributed by atoms with van der Waals surface area (Å²) in [6.07, 6.45) is 4.25. The molecular weight excluding hydrogens is 564 g/mol. The monoisotopic (exact) mass is 606 g/mol. The minimum atomic E-state index is -0.757. The van der Waals surface area contributed by atoms with Gasteiger partial charge >= 0.3 is 5.97 Å². The number of carboxylic acids is 1. The van der Waals surface area contributed by atoms with Crippen molar-refractivity contribution in [3.05, 3.63) is 81.9 Å². The van der Waals surface area contributed by atoms with Crippen molar-refractivity contribution in [2.24, 2.45) is 0 Å². The molecule has 2 aliphatic rings. The zero-order chi connectivity index (χ0) is 30.3. The van der Waals surface area contributed by atoms with E-state index in [0.717, 1.165) is 91.0 Å². The first-order valence-corrected chi connectivity index (χ1v) is 15.8. The molecule has 5 rings (SSSR count). The van der Waals surface area contributed by atoms with Gasteiger partial charge in [0.1, 0.15) is 24.1 Å². The molecule has 2 saturated heterocycles. The topological polar surface area (TPSA) is 82.5 Å². The second kappa shape index (κ2) is 14.6. The molecule has 7 nitrogen and oxygen atoms in total. The van der Waals surface area contributed by atoms with E-state index >= 15 is 0 Å². The number of hydrogen-bond acceptors (Lipinski definition) is 6. The number of likely N-dealkylation sites (tertiary alicyclic amines) is 2. The van der Waals surface area contributed by atoms with E-state index in [1.165, 1.54) is 0 Å². The largest absolute Gasteiger partial charge is 0.493 e. The van der Waals surface area contributed by atoms with Gasteiger partial charge in [0, 0.05) is 26.2 Å². The average Bonchev–Trinajstić information content (AvgIpc) is 3.41. The maximum atomic E-state index is 11.7. The van der Waals surface area contributed by atoms with Crippen LogP contribution in [0.5, 0.6) is 11.5 Å². The van der Waals surface area contributed by atoms with Crippen LogP contribution in [-0.4, -0.2) is 70.9 Å². The zero-order valence-corrected chi connectivity index (χ0v) is 26.0. The quantitative estimate of drug-likeness (QED) is 0.228. The lowest BCUT2D eigenvalue weighted by atomic mass is 9.93. The van der Waals surface area contributed by atoms with Gasteiger partial charge in [0.2, 0.25) is 0 Å². The van der Waals surface area contributed by atoms with Crippen molar-refractivity contribution in [1.29, 1.82) is 0 Å². The molecule has 2 aliphatic heterocycles. The lowest BCUT2D eigenvalue weighted by Crippen LogP contribution is -2.43. The van der Waals surface area contributed by atoms with Crippen LogP contribution in [0.2, 0.25) is 5.02 Å². The molecule has 0 amide bonds. The van der Waals surface area contributed by atoms with Crippen molar-refractivity contribution in [2.45, 2.75) is 71.2 Å². The van der Waals surface area contributed by atoms with E-state index < -0.39 is 12.0 Å². The number of carbonyl (C=O) groups is 1. The van der Waals surface area contributed by atoms with Gasteiger partial charge in [-0.05, 0) is 97.7 Å². The van der Waals surface area contributed by atoms with Gasteiger partial charge in [-0.15, -0.1) is 0 Å². The molecule has 2 atom stereocenters. The lowest BCUT2D eigenvalue weighted by molar-refractivity contribution is -0.144. The summed E-state index contributed by atoms with van der Waals surface area (Å²) >= 11 is 6.63. The zero-order valence-electron chi connectivity index (χ0n) is 25.2. The molecule has 0 bridgehead atoms. The van der Waals surface area contributed by atoms with Crippen LogP contribution in [0.15, 0.2) is 54.6 Å². The Morgan fingerprint density at radius 2 is 1.74 bits per heavy atom. The molecule has 230 valence electrons. The molecule has 0 unspecified atom stereocenters. The van der Waals surface area contributed by atoms with Crippen LogP contribution in [0.1, 0.15) is 54.4 Å². The van der Waals surface area contributed by atoms with Crippen LogP contribution >= 0.6 is 11.6 Å². The van der Waals surface area contributed by atoms with E-state index in [-0.39, 0.29) is 6.10 Å². The number of aliphatic hydroxyl groups excluding tert-OH is 1. The summed E-state index contributed by atoms with van der Waals surface area (Å²) in [6, 6.07) is 17.8. The third-order valence-electron chi connectivity index (χ3n) is 8.81. The molecule has 8 heteroatoms. The highest BCUT2D eigenvalue weighted by molar-refractivity contribution is 6.32. The number of piperidine rings is 1. The number of aliphatic carboxylic acids is 1. The first-order chi connectivity index (χ1) is 20.8. The molecule has 0 aromatic heterocycles. The number of β-amino-alcohol motifs (C(OH)–C–C–N with tert-alkyl or cyclic N) is 1. The first kappa shape index (κ1) is 31.3. The highest BCUT2D eigenvalue weighted by atomic mass is 35.5. The Labute approximate surface area is 260 Å². The Morgan fingerprint density at radius 3 is 2.49 bits per heavy atom. The minimum absolute atomic E-state index is 0.188. The van der Waals surface area contributed by atoms with E-state index in [0.29, 0.717) is 37.0 Å². The summed E-state index contributed by atoms with van der Waals surface area (Å²) in [6.45, 7) is 9.24. The fourth-order valence-electron chi connectivity index (χ4n) is 6.29.